The van der Waals surface area contributed by atoms with Gasteiger partial charge in [0.15, 0.2) is 0 Å². The highest BCUT2D eigenvalue weighted by Crippen LogP contribution is 2.21. The fraction of sp³-hybridized carbons (Fsp3) is 0.0588. The van der Waals surface area contributed by atoms with Gasteiger partial charge in [0.1, 0.15) is 5.75 Å². The monoisotopic (exact) mass is 280 g/mol. The number of rotatable bonds is 5. The molecule has 0 aliphatic carbocycles. The number of carbonyl (C=O) groups excluding carboxylic acids is 1. The van der Waals surface area contributed by atoms with Gasteiger partial charge in [-0.05, 0) is 30.2 Å². The van der Waals surface area contributed by atoms with E-state index in [4.69, 9.17) is 0 Å². The Morgan fingerprint density at radius 2 is 1.95 bits per heavy atom. The fourth-order valence-corrected chi connectivity index (χ4v) is 1.85. The highest BCUT2D eigenvalue weighted by molar-refractivity contribution is 5.95. The van der Waals surface area contributed by atoms with Crippen molar-refractivity contribution < 1.29 is 9.90 Å². The summed E-state index contributed by atoms with van der Waals surface area (Å²) >= 11 is 0. The van der Waals surface area contributed by atoms with Crippen LogP contribution in [-0.2, 0) is 6.42 Å². The number of benzene rings is 2. The lowest BCUT2D eigenvalue weighted by atomic mass is 10.1. The van der Waals surface area contributed by atoms with Gasteiger partial charge in [-0.25, -0.2) is 5.43 Å². The van der Waals surface area contributed by atoms with Gasteiger partial charge in [0.05, 0.1) is 6.21 Å². The molecule has 0 aliphatic heterocycles. The zero-order chi connectivity index (χ0) is 15.1. The van der Waals surface area contributed by atoms with Crippen molar-refractivity contribution in [2.45, 2.75) is 6.42 Å². The Kier molecular flexibility index (Phi) is 4.88. The summed E-state index contributed by atoms with van der Waals surface area (Å²) in [5, 5.41) is 13.9. The molecule has 0 bridgehead atoms. The second-order valence-electron chi connectivity index (χ2n) is 4.41. The van der Waals surface area contributed by atoms with Crippen LogP contribution in [0.15, 0.2) is 66.3 Å². The molecule has 0 atom stereocenters. The predicted octanol–water partition coefficient (Wildman–Crippen LogP) is 2.88. The molecule has 0 heterocycles. The lowest BCUT2D eigenvalue weighted by molar-refractivity contribution is 0.0955. The number of amides is 1. The molecular weight excluding hydrogens is 264 g/mol. The molecule has 0 radical (unpaired) electrons. The number of nitrogens with zero attached hydrogens (tertiary/aromatic N) is 1. The van der Waals surface area contributed by atoms with E-state index in [0.29, 0.717) is 17.5 Å². The van der Waals surface area contributed by atoms with Gasteiger partial charge in [-0.2, -0.15) is 5.10 Å². The van der Waals surface area contributed by atoms with Crippen LogP contribution in [0.4, 0.5) is 0 Å². The van der Waals surface area contributed by atoms with E-state index in [1.54, 1.807) is 36.4 Å². The summed E-state index contributed by atoms with van der Waals surface area (Å²) in [6.45, 7) is 3.64. The largest absolute Gasteiger partial charge is 0.507 e. The summed E-state index contributed by atoms with van der Waals surface area (Å²) in [6, 6.07) is 14.2. The Labute approximate surface area is 123 Å². The first-order valence-electron chi connectivity index (χ1n) is 6.52. The molecule has 0 saturated carbocycles. The second-order valence-corrected chi connectivity index (χ2v) is 4.41. The molecule has 4 heteroatoms. The highest BCUT2D eigenvalue weighted by atomic mass is 16.3. The summed E-state index contributed by atoms with van der Waals surface area (Å²) in [5.41, 5.74) is 4.26. The summed E-state index contributed by atoms with van der Waals surface area (Å²) < 4.78 is 0. The third kappa shape index (κ3) is 3.79. The van der Waals surface area contributed by atoms with Crippen LogP contribution < -0.4 is 5.43 Å². The van der Waals surface area contributed by atoms with Crippen molar-refractivity contribution in [1.82, 2.24) is 5.43 Å². The smallest absolute Gasteiger partial charge is 0.271 e. The van der Waals surface area contributed by atoms with Crippen molar-refractivity contribution in [1.29, 1.82) is 0 Å². The molecule has 21 heavy (non-hydrogen) atoms. The van der Waals surface area contributed by atoms with E-state index in [-0.39, 0.29) is 11.7 Å². The molecule has 106 valence electrons. The minimum absolute atomic E-state index is 0.148. The van der Waals surface area contributed by atoms with E-state index < -0.39 is 0 Å². The minimum atomic E-state index is -0.298. The molecule has 0 spiro atoms. The van der Waals surface area contributed by atoms with Gasteiger partial charge in [-0.15, -0.1) is 6.58 Å². The standard InChI is InChI=1S/C17H16N2O2/c1-2-7-13-10-6-11-15(16(13)20)12-18-19-17(21)14-8-4-3-5-9-14/h2-6,8-12,20H,1,7H2,(H,19,21)/b18-12+. The van der Waals surface area contributed by atoms with Crippen molar-refractivity contribution in [2.75, 3.05) is 0 Å². The van der Waals surface area contributed by atoms with Crippen LogP contribution in [0.1, 0.15) is 21.5 Å². The van der Waals surface area contributed by atoms with Gasteiger partial charge >= 0.3 is 0 Å². The highest BCUT2D eigenvalue weighted by Gasteiger charge is 2.05. The maximum Gasteiger partial charge on any atom is 0.271 e. The average Bonchev–Trinajstić information content (AvgIpc) is 2.52. The average molecular weight is 280 g/mol. The van der Waals surface area contributed by atoms with Crippen molar-refractivity contribution in [3.8, 4) is 5.75 Å². The van der Waals surface area contributed by atoms with Crippen molar-refractivity contribution in [2.24, 2.45) is 5.10 Å². The fourth-order valence-electron chi connectivity index (χ4n) is 1.85. The summed E-state index contributed by atoms with van der Waals surface area (Å²) in [7, 11) is 0. The summed E-state index contributed by atoms with van der Waals surface area (Å²) in [6.07, 6.45) is 3.71. The first-order chi connectivity index (χ1) is 10.2. The van der Waals surface area contributed by atoms with Crippen molar-refractivity contribution >= 4 is 12.1 Å². The van der Waals surface area contributed by atoms with E-state index in [0.717, 1.165) is 5.56 Å². The van der Waals surface area contributed by atoms with E-state index in [1.165, 1.54) is 6.21 Å². The molecule has 2 aromatic carbocycles. The molecule has 1 amide bonds. The Morgan fingerprint density at radius 3 is 2.67 bits per heavy atom. The molecule has 4 nitrogen and oxygen atoms in total. The zero-order valence-corrected chi connectivity index (χ0v) is 11.5. The van der Waals surface area contributed by atoms with E-state index in [1.807, 2.05) is 18.2 Å². The van der Waals surface area contributed by atoms with Crippen LogP contribution >= 0.6 is 0 Å². The number of para-hydroxylation sites is 1. The minimum Gasteiger partial charge on any atom is -0.507 e. The number of carbonyl (C=O) groups is 1. The summed E-state index contributed by atoms with van der Waals surface area (Å²) in [4.78, 5) is 11.8. The molecular formula is C17H16N2O2. The van der Waals surface area contributed by atoms with E-state index >= 15 is 0 Å². The SMILES string of the molecule is C=CCc1cccc(/C=N/NC(=O)c2ccccc2)c1O. The van der Waals surface area contributed by atoms with Gasteiger partial charge in [0.2, 0.25) is 0 Å². The predicted molar refractivity (Wildman–Crippen MR) is 83.5 cm³/mol. The molecule has 0 saturated heterocycles. The molecule has 2 N–H and O–H groups in total. The Morgan fingerprint density at radius 1 is 1.19 bits per heavy atom. The van der Waals surface area contributed by atoms with Crippen molar-refractivity contribution in [3.05, 3.63) is 77.9 Å². The number of allylic oxidation sites excluding steroid dienone is 1. The van der Waals surface area contributed by atoms with Gasteiger partial charge in [0, 0.05) is 11.1 Å². The third-order valence-electron chi connectivity index (χ3n) is 2.92. The molecule has 0 aliphatic rings. The van der Waals surface area contributed by atoms with Crippen LogP contribution in [-0.4, -0.2) is 17.2 Å². The lowest BCUT2D eigenvalue weighted by Crippen LogP contribution is -2.17. The first-order valence-corrected chi connectivity index (χ1v) is 6.52. The number of phenols is 1. The van der Waals surface area contributed by atoms with Gasteiger partial charge in [0.25, 0.3) is 5.91 Å². The topological polar surface area (TPSA) is 61.7 Å². The van der Waals surface area contributed by atoms with Crippen LogP contribution in [0.2, 0.25) is 0 Å². The van der Waals surface area contributed by atoms with Crippen LogP contribution in [0, 0.1) is 0 Å². The summed E-state index contributed by atoms with van der Waals surface area (Å²) in [5.74, 6) is -0.149. The molecule has 0 unspecified atom stereocenters. The van der Waals surface area contributed by atoms with Crippen molar-refractivity contribution in [3.63, 3.8) is 0 Å². The lowest BCUT2D eigenvalue weighted by Gasteiger charge is -2.04. The van der Waals surface area contributed by atoms with Gasteiger partial charge < -0.3 is 5.11 Å². The number of hydrazone groups is 1. The molecule has 0 fully saturated rings. The molecule has 2 rings (SSSR count). The maximum absolute atomic E-state index is 11.8. The molecule has 2 aromatic rings. The van der Waals surface area contributed by atoms with Gasteiger partial charge in [-0.1, -0.05) is 36.4 Å². The van der Waals surface area contributed by atoms with Crippen LogP contribution in [0.3, 0.4) is 0 Å². The zero-order valence-electron chi connectivity index (χ0n) is 11.5. The van der Waals surface area contributed by atoms with Crippen LogP contribution in [0.5, 0.6) is 5.75 Å². The Bertz CT molecular complexity index is 664. The van der Waals surface area contributed by atoms with E-state index in [9.17, 15) is 9.90 Å². The Hall–Kier alpha value is -2.88. The maximum atomic E-state index is 11.8. The first kappa shape index (κ1) is 14.5. The quantitative estimate of drug-likeness (QED) is 0.502. The van der Waals surface area contributed by atoms with Gasteiger partial charge in [-0.3, -0.25) is 4.79 Å². The Balaban J connectivity index is 2.07. The number of hydrogen-bond acceptors (Lipinski definition) is 3. The molecule has 0 aromatic heterocycles. The third-order valence-corrected chi connectivity index (χ3v) is 2.92. The van der Waals surface area contributed by atoms with Crippen LogP contribution in [0.25, 0.3) is 0 Å². The number of phenolic OH excluding ortho intramolecular Hbond substituents is 1. The number of hydrogen-bond donors (Lipinski definition) is 2. The number of nitrogens with one attached hydrogen (secondary N) is 1. The normalized spacial score (nSPS) is 10.5. The number of aromatic hydroxyl groups is 1. The van der Waals surface area contributed by atoms with E-state index in [2.05, 4.69) is 17.1 Å². The second kappa shape index (κ2) is 7.05.